The standard InChI is InChI=1S/C14H10ClF2NO3/c1-8-5-13(11(17)6-12(8)18(19)20)21-14-9(7-15)3-2-4-10(14)16/h2-6H,7H2,1H3. The third kappa shape index (κ3) is 3.11. The van der Waals surface area contributed by atoms with Crippen LogP contribution in [0.3, 0.4) is 0 Å². The van der Waals surface area contributed by atoms with Crippen molar-refractivity contribution in [3.05, 3.63) is 63.2 Å². The molecule has 0 aromatic heterocycles. The summed E-state index contributed by atoms with van der Waals surface area (Å²) >= 11 is 5.68. The lowest BCUT2D eigenvalue weighted by atomic mass is 10.2. The summed E-state index contributed by atoms with van der Waals surface area (Å²) in [5, 5.41) is 10.7. The fourth-order valence-electron chi connectivity index (χ4n) is 1.80. The van der Waals surface area contributed by atoms with E-state index >= 15 is 0 Å². The van der Waals surface area contributed by atoms with Crippen LogP contribution in [-0.2, 0) is 5.88 Å². The van der Waals surface area contributed by atoms with Gasteiger partial charge >= 0.3 is 0 Å². The summed E-state index contributed by atoms with van der Waals surface area (Å²) in [5.41, 5.74) is 0.193. The minimum absolute atomic E-state index is 0.0132. The second-order valence-electron chi connectivity index (χ2n) is 4.29. The number of nitro benzene ring substituents is 1. The van der Waals surface area contributed by atoms with E-state index in [-0.39, 0.29) is 28.6 Å². The van der Waals surface area contributed by atoms with Gasteiger partial charge in [0.1, 0.15) is 0 Å². The van der Waals surface area contributed by atoms with Crippen molar-refractivity contribution in [2.45, 2.75) is 12.8 Å². The van der Waals surface area contributed by atoms with E-state index in [0.717, 1.165) is 18.2 Å². The van der Waals surface area contributed by atoms with E-state index < -0.39 is 16.6 Å². The van der Waals surface area contributed by atoms with E-state index in [2.05, 4.69) is 0 Å². The largest absolute Gasteiger partial charge is 0.451 e. The first-order valence-electron chi connectivity index (χ1n) is 5.89. The Bertz CT molecular complexity index is 707. The molecule has 2 aromatic rings. The van der Waals surface area contributed by atoms with Gasteiger partial charge in [-0.2, -0.15) is 0 Å². The summed E-state index contributed by atoms with van der Waals surface area (Å²) in [7, 11) is 0. The molecular formula is C14H10ClF2NO3. The van der Waals surface area contributed by atoms with Crippen molar-refractivity contribution in [1.82, 2.24) is 0 Å². The molecule has 0 aliphatic rings. The van der Waals surface area contributed by atoms with E-state index in [9.17, 15) is 18.9 Å². The van der Waals surface area contributed by atoms with Gasteiger partial charge in [-0.1, -0.05) is 12.1 Å². The number of aryl methyl sites for hydroxylation is 1. The smallest absolute Gasteiger partial charge is 0.275 e. The molecule has 2 rings (SSSR count). The molecule has 0 bridgehead atoms. The lowest BCUT2D eigenvalue weighted by Crippen LogP contribution is -1.98. The lowest BCUT2D eigenvalue weighted by molar-refractivity contribution is -0.385. The van der Waals surface area contributed by atoms with E-state index in [0.29, 0.717) is 5.56 Å². The SMILES string of the molecule is Cc1cc(Oc2c(F)cccc2CCl)c(F)cc1[N+](=O)[O-]. The molecule has 0 saturated carbocycles. The maximum Gasteiger partial charge on any atom is 0.275 e. The molecule has 0 aliphatic heterocycles. The molecule has 0 amide bonds. The molecule has 4 nitrogen and oxygen atoms in total. The topological polar surface area (TPSA) is 52.4 Å². The molecule has 0 unspecified atom stereocenters. The zero-order chi connectivity index (χ0) is 15.6. The maximum absolute atomic E-state index is 13.9. The Morgan fingerprint density at radius 1 is 1.29 bits per heavy atom. The molecule has 2 aromatic carbocycles. The van der Waals surface area contributed by atoms with Crippen molar-refractivity contribution in [3.63, 3.8) is 0 Å². The molecule has 0 fully saturated rings. The molecule has 0 aliphatic carbocycles. The Balaban J connectivity index is 2.46. The predicted molar refractivity (Wildman–Crippen MR) is 73.8 cm³/mol. The van der Waals surface area contributed by atoms with Crippen LogP contribution in [0.2, 0.25) is 0 Å². The van der Waals surface area contributed by atoms with Crippen LogP contribution in [0.25, 0.3) is 0 Å². The van der Waals surface area contributed by atoms with Gasteiger partial charge in [0, 0.05) is 11.1 Å². The van der Waals surface area contributed by atoms with Crippen LogP contribution in [0.1, 0.15) is 11.1 Å². The number of nitrogens with zero attached hydrogens (tertiary/aromatic N) is 1. The Morgan fingerprint density at radius 2 is 2.00 bits per heavy atom. The lowest BCUT2D eigenvalue weighted by Gasteiger charge is -2.11. The van der Waals surface area contributed by atoms with Crippen molar-refractivity contribution in [2.24, 2.45) is 0 Å². The highest BCUT2D eigenvalue weighted by Crippen LogP contribution is 2.34. The van der Waals surface area contributed by atoms with E-state index in [1.54, 1.807) is 6.07 Å². The van der Waals surface area contributed by atoms with Crippen molar-refractivity contribution in [2.75, 3.05) is 0 Å². The number of hydrogen-bond acceptors (Lipinski definition) is 3. The number of benzene rings is 2. The molecule has 110 valence electrons. The Hall–Kier alpha value is -2.21. The summed E-state index contributed by atoms with van der Waals surface area (Å²) in [5.74, 6) is -2.14. The highest BCUT2D eigenvalue weighted by molar-refractivity contribution is 6.17. The normalized spacial score (nSPS) is 10.5. The number of nitro groups is 1. The molecule has 0 heterocycles. The quantitative estimate of drug-likeness (QED) is 0.466. The van der Waals surface area contributed by atoms with Crippen molar-refractivity contribution < 1.29 is 18.4 Å². The Labute approximate surface area is 124 Å². The molecule has 0 N–H and O–H groups in total. The second kappa shape index (κ2) is 6.05. The highest BCUT2D eigenvalue weighted by Gasteiger charge is 2.19. The zero-order valence-corrected chi connectivity index (χ0v) is 11.7. The maximum atomic E-state index is 13.9. The second-order valence-corrected chi connectivity index (χ2v) is 4.56. The first-order valence-corrected chi connectivity index (χ1v) is 6.43. The highest BCUT2D eigenvalue weighted by atomic mass is 35.5. The number of hydrogen-bond donors (Lipinski definition) is 0. The van der Waals surface area contributed by atoms with Crippen molar-refractivity contribution in [3.8, 4) is 11.5 Å². The Kier molecular flexibility index (Phi) is 4.37. The van der Waals surface area contributed by atoms with Gasteiger partial charge in [0.25, 0.3) is 5.69 Å². The zero-order valence-electron chi connectivity index (χ0n) is 10.9. The molecule has 0 atom stereocenters. The average molecular weight is 314 g/mol. The average Bonchev–Trinajstić information content (AvgIpc) is 2.44. The Morgan fingerprint density at radius 3 is 2.62 bits per heavy atom. The van der Waals surface area contributed by atoms with Gasteiger partial charge in [-0.25, -0.2) is 8.78 Å². The van der Waals surface area contributed by atoms with E-state index in [1.165, 1.54) is 13.0 Å². The number of para-hydroxylation sites is 1. The fraction of sp³-hybridized carbons (Fsp3) is 0.143. The van der Waals surface area contributed by atoms with Gasteiger partial charge in [-0.05, 0) is 19.1 Å². The third-order valence-electron chi connectivity index (χ3n) is 2.85. The van der Waals surface area contributed by atoms with Gasteiger partial charge in [0.15, 0.2) is 23.1 Å². The molecule has 21 heavy (non-hydrogen) atoms. The van der Waals surface area contributed by atoms with Crippen LogP contribution in [0.5, 0.6) is 11.5 Å². The summed E-state index contributed by atoms with van der Waals surface area (Å²) in [6.07, 6.45) is 0. The van der Waals surface area contributed by atoms with Crippen LogP contribution in [0, 0.1) is 28.7 Å². The van der Waals surface area contributed by atoms with Gasteiger partial charge in [-0.3, -0.25) is 10.1 Å². The van der Waals surface area contributed by atoms with Crippen LogP contribution >= 0.6 is 11.6 Å². The molecule has 0 spiro atoms. The third-order valence-corrected chi connectivity index (χ3v) is 3.14. The molecule has 0 radical (unpaired) electrons. The van der Waals surface area contributed by atoms with Gasteiger partial charge in [0.05, 0.1) is 16.9 Å². The first kappa shape index (κ1) is 15.2. The fourth-order valence-corrected chi connectivity index (χ4v) is 2.01. The van der Waals surface area contributed by atoms with Crippen LogP contribution in [0.4, 0.5) is 14.5 Å². The monoisotopic (exact) mass is 313 g/mol. The van der Waals surface area contributed by atoms with Gasteiger partial charge in [-0.15, -0.1) is 11.6 Å². The number of alkyl halides is 1. The minimum Gasteiger partial charge on any atom is -0.451 e. The summed E-state index contributed by atoms with van der Waals surface area (Å²) < 4.78 is 32.8. The molecule has 7 heteroatoms. The van der Waals surface area contributed by atoms with Crippen LogP contribution < -0.4 is 4.74 Å². The van der Waals surface area contributed by atoms with E-state index in [1.807, 2.05) is 0 Å². The van der Waals surface area contributed by atoms with Gasteiger partial charge in [0.2, 0.25) is 0 Å². The van der Waals surface area contributed by atoms with Crippen molar-refractivity contribution in [1.29, 1.82) is 0 Å². The summed E-state index contributed by atoms with van der Waals surface area (Å²) in [6, 6.07) is 6.05. The number of halogens is 3. The van der Waals surface area contributed by atoms with Gasteiger partial charge < -0.3 is 4.74 Å². The summed E-state index contributed by atoms with van der Waals surface area (Å²) in [6.45, 7) is 1.44. The van der Waals surface area contributed by atoms with Crippen LogP contribution in [-0.4, -0.2) is 4.92 Å². The van der Waals surface area contributed by atoms with Crippen LogP contribution in [0.15, 0.2) is 30.3 Å². The predicted octanol–water partition coefficient (Wildman–Crippen LogP) is 4.71. The van der Waals surface area contributed by atoms with Crippen molar-refractivity contribution >= 4 is 17.3 Å². The molecular weight excluding hydrogens is 304 g/mol. The summed E-state index contributed by atoms with van der Waals surface area (Å²) in [4.78, 5) is 10.0. The molecule has 0 saturated heterocycles. The first-order chi connectivity index (χ1) is 9.93. The van der Waals surface area contributed by atoms with E-state index in [4.69, 9.17) is 16.3 Å². The number of ether oxygens (including phenoxy) is 1. The minimum atomic E-state index is -0.948. The number of rotatable bonds is 4.